The summed E-state index contributed by atoms with van der Waals surface area (Å²) in [6.45, 7) is 1.84. The van der Waals surface area contributed by atoms with Crippen molar-refractivity contribution in [2.45, 2.75) is 6.92 Å². The lowest BCUT2D eigenvalue weighted by Gasteiger charge is -1.96. The Kier molecular flexibility index (Phi) is 3.68. The Labute approximate surface area is 88.5 Å². The molecule has 0 aromatic heterocycles. The van der Waals surface area contributed by atoms with Crippen molar-refractivity contribution < 1.29 is 9.90 Å². The van der Waals surface area contributed by atoms with Gasteiger partial charge in [0.2, 0.25) is 0 Å². The molecule has 1 aromatic carbocycles. The molecule has 0 spiro atoms. The first kappa shape index (κ1) is 11.0. The molecular weight excluding hydrogens is 190 g/mol. The summed E-state index contributed by atoms with van der Waals surface area (Å²) in [4.78, 5) is 10.3. The minimum atomic E-state index is -0.944. The Morgan fingerprint density at radius 1 is 1.27 bits per heavy atom. The van der Waals surface area contributed by atoms with Crippen LogP contribution in [0.3, 0.4) is 0 Å². The molecule has 0 amide bonds. The zero-order chi connectivity index (χ0) is 11.3. The van der Waals surface area contributed by atoms with Crippen LogP contribution in [-0.4, -0.2) is 11.1 Å². The SMILES string of the molecule is CC(/C=C/C(=O)O)=C\c1ccc(N)cc1. The van der Waals surface area contributed by atoms with E-state index in [4.69, 9.17) is 10.8 Å². The molecule has 1 rings (SSSR count). The summed E-state index contributed by atoms with van der Waals surface area (Å²) < 4.78 is 0. The summed E-state index contributed by atoms with van der Waals surface area (Å²) in [5, 5.41) is 8.43. The van der Waals surface area contributed by atoms with Crippen LogP contribution in [0.25, 0.3) is 6.08 Å². The van der Waals surface area contributed by atoms with Gasteiger partial charge in [-0.25, -0.2) is 4.79 Å². The quantitative estimate of drug-likeness (QED) is 0.450. The minimum Gasteiger partial charge on any atom is -0.478 e. The van der Waals surface area contributed by atoms with Crippen molar-refractivity contribution in [3.05, 3.63) is 47.6 Å². The van der Waals surface area contributed by atoms with Gasteiger partial charge in [-0.2, -0.15) is 0 Å². The largest absolute Gasteiger partial charge is 0.478 e. The molecule has 15 heavy (non-hydrogen) atoms. The van der Waals surface area contributed by atoms with Crippen molar-refractivity contribution in [1.82, 2.24) is 0 Å². The number of carboxylic acids is 1. The highest BCUT2D eigenvalue weighted by Gasteiger charge is 1.90. The van der Waals surface area contributed by atoms with Gasteiger partial charge in [0.15, 0.2) is 0 Å². The Morgan fingerprint density at radius 2 is 1.87 bits per heavy atom. The molecule has 0 radical (unpaired) electrons. The molecule has 0 fully saturated rings. The van der Waals surface area contributed by atoms with Crippen molar-refractivity contribution in [3.63, 3.8) is 0 Å². The summed E-state index contributed by atoms with van der Waals surface area (Å²) in [6.07, 6.45) is 4.56. The molecule has 0 aliphatic heterocycles. The first-order chi connectivity index (χ1) is 7.08. The summed E-state index contributed by atoms with van der Waals surface area (Å²) >= 11 is 0. The number of aliphatic carboxylic acids is 1. The van der Waals surface area contributed by atoms with E-state index in [-0.39, 0.29) is 0 Å². The van der Waals surface area contributed by atoms with E-state index in [0.29, 0.717) is 5.69 Å². The number of hydrogen-bond acceptors (Lipinski definition) is 2. The van der Waals surface area contributed by atoms with Crippen molar-refractivity contribution >= 4 is 17.7 Å². The van der Waals surface area contributed by atoms with Gasteiger partial charge in [0.25, 0.3) is 0 Å². The Hall–Kier alpha value is -2.03. The first-order valence-electron chi connectivity index (χ1n) is 4.53. The van der Waals surface area contributed by atoms with E-state index in [1.54, 1.807) is 18.2 Å². The van der Waals surface area contributed by atoms with Gasteiger partial charge >= 0.3 is 5.97 Å². The second-order valence-corrected chi connectivity index (χ2v) is 3.23. The molecule has 0 aliphatic rings. The van der Waals surface area contributed by atoms with E-state index in [1.807, 2.05) is 25.1 Å². The number of nitrogens with two attached hydrogens (primary N) is 1. The molecule has 0 atom stereocenters. The molecule has 3 nitrogen and oxygen atoms in total. The molecule has 3 heteroatoms. The highest BCUT2D eigenvalue weighted by Crippen LogP contribution is 2.10. The molecule has 0 heterocycles. The van der Waals surface area contributed by atoms with Gasteiger partial charge in [-0.15, -0.1) is 0 Å². The lowest BCUT2D eigenvalue weighted by molar-refractivity contribution is -0.131. The third-order valence-electron chi connectivity index (χ3n) is 1.82. The molecule has 0 bridgehead atoms. The van der Waals surface area contributed by atoms with Gasteiger partial charge in [-0.1, -0.05) is 29.9 Å². The normalized spacial score (nSPS) is 11.9. The van der Waals surface area contributed by atoms with Crippen LogP contribution >= 0.6 is 0 Å². The predicted octanol–water partition coefficient (Wildman–Crippen LogP) is 2.31. The van der Waals surface area contributed by atoms with Crippen molar-refractivity contribution in [2.75, 3.05) is 5.73 Å². The number of rotatable bonds is 3. The molecule has 0 unspecified atom stereocenters. The van der Waals surface area contributed by atoms with Crippen molar-refractivity contribution in [1.29, 1.82) is 0 Å². The maximum absolute atomic E-state index is 10.3. The number of hydrogen-bond donors (Lipinski definition) is 2. The lowest BCUT2D eigenvalue weighted by atomic mass is 10.1. The number of nitrogen functional groups attached to an aromatic ring is 1. The van der Waals surface area contributed by atoms with Gasteiger partial charge in [-0.05, 0) is 24.6 Å². The first-order valence-corrected chi connectivity index (χ1v) is 4.53. The third kappa shape index (κ3) is 4.13. The standard InChI is InChI=1S/C12H13NO2/c1-9(2-7-12(14)15)8-10-3-5-11(13)6-4-10/h2-8H,13H2,1H3,(H,14,15)/b7-2+,9-8+. The van der Waals surface area contributed by atoms with Gasteiger partial charge in [0, 0.05) is 11.8 Å². The topological polar surface area (TPSA) is 63.3 Å². The zero-order valence-electron chi connectivity index (χ0n) is 8.47. The average Bonchev–Trinajstić information content (AvgIpc) is 2.19. The maximum atomic E-state index is 10.3. The van der Waals surface area contributed by atoms with Crippen LogP contribution in [-0.2, 0) is 4.79 Å². The van der Waals surface area contributed by atoms with Gasteiger partial charge in [-0.3, -0.25) is 0 Å². The zero-order valence-corrected chi connectivity index (χ0v) is 8.47. The highest BCUT2D eigenvalue weighted by molar-refractivity contribution is 5.80. The second kappa shape index (κ2) is 5.00. The smallest absolute Gasteiger partial charge is 0.328 e. The number of allylic oxidation sites excluding steroid dienone is 2. The second-order valence-electron chi connectivity index (χ2n) is 3.23. The summed E-state index contributed by atoms with van der Waals surface area (Å²) in [5.41, 5.74) is 8.13. The van der Waals surface area contributed by atoms with Crippen LogP contribution in [0.2, 0.25) is 0 Å². The molecular formula is C12H13NO2. The van der Waals surface area contributed by atoms with Crippen LogP contribution in [0.15, 0.2) is 42.0 Å². The fraction of sp³-hybridized carbons (Fsp3) is 0.0833. The fourth-order valence-corrected chi connectivity index (χ4v) is 1.11. The van der Waals surface area contributed by atoms with Crippen LogP contribution in [0, 0.1) is 0 Å². The molecule has 0 saturated carbocycles. The number of benzene rings is 1. The summed E-state index contributed by atoms with van der Waals surface area (Å²) in [6, 6.07) is 7.38. The third-order valence-corrected chi connectivity index (χ3v) is 1.82. The van der Waals surface area contributed by atoms with Crippen LogP contribution in [0.5, 0.6) is 0 Å². The van der Waals surface area contributed by atoms with E-state index < -0.39 is 5.97 Å². The fourth-order valence-electron chi connectivity index (χ4n) is 1.11. The average molecular weight is 203 g/mol. The highest BCUT2D eigenvalue weighted by atomic mass is 16.4. The van der Waals surface area contributed by atoms with Crippen LogP contribution in [0.4, 0.5) is 5.69 Å². The van der Waals surface area contributed by atoms with Crippen molar-refractivity contribution in [2.24, 2.45) is 0 Å². The Balaban J connectivity index is 2.78. The van der Waals surface area contributed by atoms with Gasteiger partial charge in [0.05, 0.1) is 0 Å². The van der Waals surface area contributed by atoms with E-state index in [9.17, 15) is 4.79 Å². The number of carboxylic acid groups (broad SMARTS) is 1. The summed E-state index contributed by atoms with van der Waals surface area (Å²) in [7, 11) is 0. The molecule has 3 N–H and O–H groups in total. The van der Waals surface area contributed by atoms with Gasteiger partial charge in [0.1, 0.15) is 0 Å². The number of carbonyl (C=O) groups is 1. The van der Waals surface area contributed by atoms with Crippen LogP contribution in [0.1, 0.15) is 12.5 Å². The monoisotopic (exact) mass is 203 g/mol. The van der Waals surface area contributed by atoms with Gasteiger partial charge < -0.3 is 10.8 Å². The van der Waals surface area contributed by atoms with Crippen molar-refractivity contribution in [3.8, 4) is 0 Å². The summed E-state index contributed by atoms with van der Waals surface area (Å²) in [5.74, 6) is -0.944. The van der Waals surface area contributed by atoms with E-state index in [0.717, 1.165) is 17.2 Å². The molecule has 0 aliphatic carbocycles. The Bertz CT molecular complexity index is 402. The van der Waals surface area contributed by atoms with E-state index in [2.05, 4.69) is 0 Å². The van der Waals surface area contributed by atoms with Crippen LogP contribution < -0.4 is 5.73 Å². The molecule has 0 saturated heterocycles. The minimum absolute atomic E-state index is 0.714. The molecule has 78 valence electrons. The molecule has 1 aromatic rings. The predicted molar refractivity (Wildman–Crippen MR) is 61.3 cm³/mol. The van der Waals surface area contributed by atoms with E-state index in [1.165, 1.54) is 0 Å². The van der Waals surface area contributed by atoms with E-state index >= 15 is 0 Å². The number of anilines is 1. The Morgan fingerprint density at radius 3 is 2.40 bits per heavy atom. The maximum Gasteiger partial charge on any atom is 0.328 e. The lowest BCUT2D eigenvalue weighted by Crippen LogP contribution is -1.86.